The van der Waals surface area contributed by atoms with Crippen molar-refractivity contribution >= 4 is 41.0 Å². The van der Waals surface area contributed by atoms with Crippen LogP contribution in [0.3, 0.4) is 0 Å². The maximum atomic E-state index is 4.24. The van der Waals surface area contributed by atoms with Crippen LogP contribution in [0.1, 0.15) is 5.56 Å². The summed E-state index contributed by atoms with van der Waals surface area (Å²) < 4.78 is 1.12. The molecule has 1 aromatic carbocycles. The second kappa shape index (κ2) is 13.1. The van der Waals surface area contributed by atoms with E-state index in [2.05, 4.69) is 28.6 Å². The molecule has 0 radical (unpaired) electrons. The van der Waals surface area contributed by atoms with Gasteiger partial charge in [-0.2, -0.15) is 0 Å². The highest BCUT2D eigenvalue weighted by Gasteiger charge is 1.94. The topological polar surface area (TPSA) is 0 Å². The first-order chi connectivity index (χ1) is 4.22. The normalized spacial score (nSPS) is 6.21. The Balaban J connectivity index is -0.0000000540. The van der Waals surface area contributed by atoms with Crippen LogP contribution in [-0.2, 0) is 0 Å². The minimum Gasteiger partial charge on any atom is -0.269 e. The Hall–Kier alpha value is 0.0600. The highest BCUT2D eigenvalue weighted by molar-refractivity contribution is 9.10. The predicted octanol–water partition coefficient (Wildman–Crippen LogP) is 4.08. The molecule has 0 heterocycles. The number of rotatable bonds is 0. The molecule has 0 nitrogen and oxygen atoms in total. The Morgan fingerprint density at radius 2 is 1.50 bits per heavy atom. The zero-order chi connectivity index (χ0) is 6.85. The van der Waals surface area contributed by atoms with Crippen LogP contribution in [0.2, 0.25) is 0 Å². The summed E-state index contributed by atoms with van der Waals surface area (Å²) in [4.78, 5) is 1.03. The number of hydrogen-bond acceptors (Lipinski definition) is 1. The second-order valence-electron chi connectivity index (χ2n) is 1.88. The highest BCUT2D eigenvalue weighted by atomic mass is 79.9. The molecule has 0 unspecified atom stereocenters. The molecule has 0 N–H and O–H groups in total. The molecule has 0 amide bonds. The maximum absolute atomic E-state index is 4.24. The third kappa shape index (κ3) is 7.46. The molecular weight excluding hydrogens is 307 g/mol. The van der Waals surface area contributed by atoms with Gasteiger partial charge in [0.2, 0.25) is 0 Å². The van der Waals surface area contributed by atoms with Crippen LogP contribution in [0, 0.1) is 6.92 Å². The molecule has 0 aliphatic heterocycles. The molecule has 88 valence electrons. The molecular formula is C7H12BrClF4S. The minimum atomic E-state index is 0. The van der Waals surface area contributed by atoms with E-state index in [-0.39, 0.29) is 31.2 Å². The van der Waals surface area contributed by atoms with Crippen LogP contribution >= 0.6 is 41.0 Å². The van der Waals surface area contributed by atoms with E-state index in [1.807, 2.05) is 25.1 Å². The van der Waals surface area contributed by atoms with Gasteiger partial charge in [0.25, 0.3) is 0 Å². The van der Waals surface area contributed by atoms with Crippen molar-refractivity contribution in [3.8, 4) is 0 Å². The number of hydrogen-bond donors (Lipinski definition) is 1. The molecule has 0 saturated carbocycles. The predicted molar refractivity (Wildman–Crippen MR) is 63.4 cm³/mol. The fourth-order valence-corrected chi connectivity index (χ4v) is 1.32. The van der Waals surface area contributed by atoms with Crippen molar-refractivity contribution in [1.82, 2.24) is 0 Å². The number of benzene rings is 1. The summed E-state index contributed by atoms with van der Waals surface area (Å²) in [6, 6.07) is 5.96. The first kappa shape index (κ1) is 29.2. The first-order valence-electron chi connectivity index (χ1n) is 2.66. The van der Waals surface area contributed by atoms with E-state index in [1.165, 1.54) is 5.56 Å². The Morgan fingerprint density at radius 3 is 1.79 bits per heavy atom. The lowest BCUT2D eigenvalue weighted by atomic mass is 10.2. The van der Waals surface area contributed by atoms with Crippen molar-refractivity contribution in [2.75, 3.05) is 0 Å². The summed E-state index contributed by atoms with van der Waals surface area (Å²) in [5.74, 6) is 0. The van der Waals surface area contributed by atoms with Gasteiger partial charge in [0.15, 0.2) is 0 Å². The van der Waals surface area contributed by atoms with E-state index in [4.69, 9.17) is 0 Å². The first-order valence-corrected chi connectivity index (χ1v) is 3.90. The Labute approximate surface area is 99.9 Å². The lowest BCUT2D eigenvalue weighted by Gasteiger charge is -1.98. The Morgan fingerprint density at radius 1 is 1.07 bits per heavy atom. The van der Waals surface area contributed by atoms with E-state index in [1.54, 1.807) is 0 Å². The van der Waals surface area contributed by atoms with E-state index in [0.717, 1.165) is 9.37 Å². The van der Waals surface area contributed by atoms with E-state index in [0.29, 0.717) is 0 Å². The van der Waals surface area contributed by atoms with Gasteiger partial charge < -0.3 is 0 Å². The average molecular weight is 320 g/mol. The lowest BCUT2D eigenvalue weighted by molar-refractivity contribution is 1.11. The molecule has 0 fully saturated rings. The van der Waals surface area contributed by atoms with E-state index >= 15 is 0 Å². The van der Waals surface area contributed by atoms with Crippen molar-refractivity contribution in [1.29, 1.82) is 0 Å². The van der Waals surface area contributed by atoms with Crippen molar-refractivity contribution in [2.24, 2.45) is 0 Å². The third-order valence-corrected chi connectivity index (χ3v) is 2.58. The Kier molecular flexibility index (Phi) is 27.3. The van der Waals surface area contributed by atoms with Gasteiger partial charge in [-0.25, -0.2) is 0 Å². The van der Waals surface area contributed by atoms with E-state index in [9.17, 15) is 0 Å². The van der Waals surface area contributed by atoms with Crippen LogP contribution in [0.5, 0.6) is 0 Å². The lowest BCUT2D eigenvalue weighted by Crippen LogP contribution is -1.75. The number of halogens is 6. The maximum Gasteiger partial charge on any atom is 0.0215 e. The standard InChI is InChI=1S/C7H7BrS.ClH.4FH/c1-5-6(8)3-2-4-7(5)9;;;;;/h2-4,9H,1H3;5*1H. The van der Waals surface area contributed by atoms with Crippen LogP contribution < -0.4 is 0 Å². The summed E-state index contributed by atoms with van der Waals surface area (Å²) in [6.45, 7) is 2.03. The van der Waals surface area contributed by atoms with E-state index < -0.39 is 0 Å². The average Bonchev–Trinajstić information content (AvgIpc) is 1.83. The summed E-state index contributed by atoms with van der Waals surface area (Å²) in [6.07, 6.45) is 0. The number of thiol groups is 1. The van der Waals surface area contributed by atoms with Gasteiger partial charge in [0, 0.05) is 9.37 Å². The molecule has 0 bridgehead atoms. The van der Waals surface area contributed by atoms with Gasteiger partial charge >= 0.3 is 0 Å². The van der Waals surface area contributed by atoms with Crippen LogP contribution in [0.4, 0.5) is 18.8 Å². The van der Waals surface area contributed by atoms with Gasteiger partial charge in [-0.3, -0.25) is 18.8 Å². The smallest absolute Gasteiger partial charge is 0.0215 e. The molecule has 0 aliphatic rings. The van der Waals surface area contributed by atoms with Gasteiger partial charge in [-0.15, -0.1) is 25.0 Å². The van der Waals surface area contributed by atoms with Crippen LogP contribution in [-0.4, -0.2) is 0 Å². The summed E-state index contributed by atoms with van der Waals surface area (Å²) >= 11 is 7.63. The van der Waals surface area contributed by atoms with Crippen molar-refractivity contribution in [3.05, 3.63) is 28.2 Å². The quantitative estimate of drug-likeness (QED) is 0.541. The van der Waals surface area contributed by atoms with Crippen molar-refractivity contribution in [2.45, 2.75) is 11.8 Å². The van der Waals surface area contributed by atoms with Crippen molar-refractivity contribution < 1.29 is 18.8 Å². The summed E-state index contributed by atoms with van der Waals surface area (Å²) in [7, 11) is 0. The molecule has 1 aromatic rings. The van der Waals surface area contributed by atoms with Gasteiger partial charge in [0.1, 0.15) is 0 Å². The zero-order valence-corrected chi connectivity index (χ0v) is 10.4. The van der Waals surface area contributed by atoms with Crippen molar-refractivity contribution in [3.63, 3.8) is 0 Å². The SMILES string of the molecule is Cc1c(S)cccc1Br.Cl.F.F.F.F. The third-order valence-electron chi connectivity index (χ3n) is 1.24. The minimum absolute atomic E-state index is 0. The Bertz CT molecular complexity index is 217. The van der Waals surface area contributed by atoms with Gasteiger partial charge in [-0.05, 0) is 24.6 Å². The molecule has 0 saturated heterocycles. The molecule has 0 atom stereocenters. The summed E-state index contributed by atoms with van der Waals surface area (Å²) in [5.41, 5.74) is 1.20. The second-order valence-corrected chi connectivity index (χ2v) is 3.22. The summed E-state index contributed by atoms with van der Waals surface area (Å²) in [5, 5.41) is 0. The van der Waals surface area contributed by atoms with Crippen LogP contribution in [0.25, 0.3) is 0 Å². The molecule has 0 aliphatic carbocycles. The fourth-order valence-electron chi connectivity index (χ4n) is 0.596. The molecule has 1 rings (SSSR count). The van der Waals surface area contributed by atoms with Gasteiger partial charge in [0.05, 0.1) is 0 Å². The molecule has 7 heteroatoms. The molecule has 14 heavy (non-hydrogen) atoms. The zero-order valence-electron chi connectivity index (χ0n) is 7.10. The van der Waals surface area contributed by atoms with Crippen LogP contribution in [0.15, 0.2) is 27.6 Å². The highest BCUT2D eigenvalue weighted by Crippen LogP contribution is 2.21. The largest absolute Gasteiger partial charge is 0.269 e. The molecule has 0 aromatic heterocycles. The monoisotopic (exact) mass is 318 g/mol. The fraction of sp³-hybridized carbons (Fsp3) is 0.143. The van der Waals surface area contributed by atoms with Gasteiger partial charge in [-0.1, -0.05) is 22.0 Å². The molecule has 0 spiro atoms.